The van der Waals surface area contributed by atoms with Crippen LogP contribution < -0.4 is 10.6 Å². The number of benzene rings is 4. The Balaban J connectivity index is 1.58. The molecule has 2 amide bonds. The first-order valence-electron chi connectivity index (χ1n) is 17.8. The summed E-state index contributed by atoms with van der Waals surface area (Å²) in [5.74, 6) is -0.231. The molecule has 52 heavy (non-hydrogen) atoms. The molecule has 278 valence electrons. The van der Waals surface area contributed by atoms with Gasteiger partial charge in [0.15, 0.2) is 0 Å². The Hall–Kier alpha value is -3.62. The Morgan fingerprint density at radius 2 is 1.40 bits per heavy atom. The quantitative estimate of drug-likeness (QED) is 0.103. The Labute approximate surface area is 323 Å². The predicted octanol–water partition coefficient (Wildman–Crippen LogP) is 5.82. The molecule has 0 heterocycles. The van der Waals surface area contributed by atoms with E-state index in [1.165, 1.54) is 18.4 Å². The van der Waals surface area contributed by atoms with Crippen molar-refractivity contribution in [3.63, 3.8) is 0 Å². The molecule has 4 aromatic rings. The first-order valence-corrected chi connectivity index (χ1v) is 20.3. The molecule has 2 atom stereocenters. The van der Waals surface area contributed by atoms with Crippen molar-refractivity contribution in [1.82, 2.24) is 19.8 Å². The number of hydrogen-bond acceptors (Lipinski definition) is 6. The van der Waals surface area contributed by atoms with Gasteiger partial charge in [-0.05, 0) is 99.5 Å². The molecule has 4 rings (SSSR count). The van der Waals surface area contributed by atoms with Gasteiger partial charge in [-0.15, -0.1) is 0 Å². The number of nitrogens with one attached hydrogen (secondary N) is 2. The minimum absolute atomic E-state index is 0.0208. The minimum Gasteiger partial charge on any atom is -0.390 e. The summed E-state index contributed by atoms with van der Waals surface area (Å²) in [7, 11) is -0.618. The summed E-state index contributed by atoms with van der Waals surface area (Å²) >= 11 is 2.28. The van der Waals surface area contributed by atoms with Crippen molar-refractivity contribution >= 4 is 44.4 Å². The van der Waals surface area contributed by atoms with Crippen LogP contribution in [0, 0.1) is 3.57 Å². The van der Waals surface area contributed by atoms with Crippen LogP contribution in [0.5, 0.6) is 0 Å². The van der Waals surface area contributed by atoms with Gasteiger partial charge in [0.25, 0.3) is 0 Å². The van der Waals surface area contributed by atoms with Crippen LogP contribution in [0.4, 0.5) is 0 Å². The highest BCUT2D eigenvalue weighted by molar-refractivity contribution is 14.1. The largest absolute Gasteiger partial charge is 0.390 e. The van der Waals surface area contributed by atoms with Crippen molar-refractivity contribution in [3.05, 3.63) is 123 Å². The van der Waals surface area contributed by atoms with Gasteiger partial charge >= 0.3 is 0 Å². The van der Waals surface area contributed by atoms with Gasteiger partial charge in [0.05, 0.1) is 29.9 Å². The van der Waals surface area contributed by atoms with E-state index < -0.39 is 22.2 Å². The number of amides is 2. The maximum absolute atomic E-state index is 13.7. The van der Waals surface area contributed by atoms with Gasteiger partial charge in [-0.3, -0.25) is 9.59 Å². The van der Waals surface area contributed by atoms with E-state index in [0.29, 0.717) is 31.6 Å². The number of aliphatic hydroxyl groups excluding tert-OH is 1. The number of carbonyl (C=O) groups is 2. The van der Waals surface area contributed by atoms with E-state index in [0.717, 1.165) is 44.2 Å². The zero-order chi connectivity index (χ0) is 37.7. The molecule has 0 aliphatic rings. The van der Waals surface area contributed by atoms with Crippen molar-refractivity contribution in [2.45, 2.75) is 69.5 Å². The predicted molar refractivity (Wildman–Crippen MR) is 216 cm³/mol. The summed E-state index contributed by atoms with van der Waals surface area (Å²) in [4.78, 5) is 29.2. The topological polar surface area (TPSA) is 119 Å². The van der Waals surface area contributed by atoms with Crippen molar-refractivity contribution in [2.75, 3.05) is 33.7 Å². The lowest BCUT2D eigenvalue weighted by atomic mass is 9.96. The van der Waals surface area contributed by atoms with E-state index in [2.05, 4.69) is 53.1 Å². The third kappa shape index (κ3) is 12.2. The number of hydrogen-bond donors (Lipinski definition) is 3. The van der Waals surface area contributed by atoms with E-state index in [-0.39, 0.29) is 36.1 Å². The van der Waals surface area contributed by atoms with Gasteiger partial charge in [0, 0.05) is 43.8 Å². The first kappa shape index (κ1) is 41.1. The maximum Gasteiger partial charge on any atom is 0.242 e. The summed E-state index contributed by atoms with van der Waals surface area (Å²) in [6, 6.07) is 29.8. The molecule has 0 unspecified atom stereocenters. The lowest BCUT2D eigenvalue weighted by molar-refractivity contribution is -0.130. The Morgan fingerprint density at radius 3 is 2.02 bits per heavy atom. The Bertz CT molecular complexity index is 1860. The molecule has 0 saturated heterocycles. The third-order valence-corrected chi connectivity index (χ3v) is 11.3. The molecule has 3 N–H and O–H groups in total. The molecule has 9 nitrogen and oxygen atoms in total. The second kappa shape index (κ2) is 20.0. The molecule has 0 aliphatic carbocycles. The fourth-order valence-corrected chi connectivity index (χ4v) is 7.61. The average Bonchev–Trinajstić information content (AvgIpc) is 3.11. The summed E-state index contributed by atoms with van der Waals surface area (Å²) in [6.07, 6.45) is 1.52. The first-order chi connectivity index (χ1) is 24.9. The van der Waals surface area contributed by atoms with E-state index in [1.807, 2.05) is 71.6 Å². The van der Waals surface area contributed by atoms with Crippen molar-refractivity contribution < 1.29 is 23.1 Å². The van der Waals surface area contributed by atoms with Crippen LogP contribution in [0.15, 0.2) is 102 Å². The normalized spacial score (nSPS) is 12.8. The molecule has 11 heteroatoms. The fourth-order valence-electron chi connectivity index (χ4n) is 6.10. The molecule has 0 radical (unpaired) electrons. The molecule has 4 aromatic carbocycles. The second-order valence-corrected chi connectivity index (χ2v) is 16.7. The van der Waals surface area contributed by atoms with Crippen LogP contribution in [0.25, 0.3) is 11.1 Å². The van der Waals surface area contributed by atoms with Gasteiger partial charge in [-0.2, -0.15) is 0 Å². The third-order valence-electron chi connectivity index (χ3n) is 8.76. The Morgan fingerprint density at radius 1 is 0.769 bits per heavy atom. The molecule has 0 spiro atoms. The standard InChI is InChI=1S/C41H51IN4O5S/c1-5-19-46(20-6-2)41(49)27-33-21-32(22-35(23-33)34-15-17-37(18-16-34)52(50,51)45(3)4)26-40(48)44-38(25-30-11-8-7-9-12-30)39(47)29-43-28-31-13-10-14-36(42)24-31/h7-18,21-24,38-39,43,47H,5-6,19-20,25-29H2,1-4H3,(H,44,48)/t38-,39+/m0/s1. The molecular formula is C41H51IN4O5S. The molecule has 0 aliphatic heterocycles. The zero-order valence-corrected chi connectivity index (χ0v) is 33.5. The second-order valence-electron chi connectivity index (χ2n) is 13.3. The lowest BCUT2D eigenvalue weighted by Crippen LogP contribution is -2.49. The number of halogens is 1. The van der Waals surface area contributed by atoms with Crippen molar-refractivity contribution in [2.24, 2.45) is 0 Å². The van der Waals surface area contributed by atoms with E-state index in [9.17, 15) is 23.1 Å². The van der Waals surface area contributed by atoms with Gasteiger partial charge in [0.1, 0.15) is 0 Å². The van der Waals surface area contributed by atoms with Gasteiger partial charge in [-0.1, -0.05) is 86.6 Å². The molecule has 0 saturated carbocycles. The van der Waals surface area contributed by atoms with Gasteiger partial charge < -0.3 is 20.6 Å². The fraction of sp³-hybridized carbons (Fsp3) is 0.366. The van der Waals surface area contributed by atoms with Crippen LogP contribution in [-0.2, 0) is 45.4 Å². The van der Waals surface area contributed by atoms with Crippen LogP contribution in [-0.4, -0.2) is 80.4 Å². The van der Waals surface area contributed by atoms with E-state index in [1.54, 1.807) is 24.3 Å². The summed E-state index contributed by atoms with van der Waals surface area (Å²) in [5, 5.41) is 17.8. The van der Waals surface area contributed by atoms with E-state index >= 15 is 0 Å². The van der Waals surface area contributed by atoms with Crippen LogP contribution in [0.1, 0.15) is 48.9 Å². The maximum atomic E-state index is 13.7. The summed E-state index contributed by atoms with van der Waals surface area (Å²) in [6.45, 7) is 6.33. The number of sulfonamides is 1. The van der Waals surface area contributed by atoms with Crippen LogP contribution in [0.2, 0.25) is 0 Å². The summed E-state index contributed by atoms with van der Waals surface area (Å²) < 4.78 is 27.7. The zero-order valence-electron chi connectivity index (χ0n) is 30.5. The van der Waals surface area contributed by atoms with Crippen molar-refractivity contribution in [1.29, 1.82) is 0 Å². The molecule has 0 bridgehead atoms. The summed E-state index contributed by atoms with van der Waals surface area (Å²) in [5.41, 5.74) is 5.14. The number of nitrogens with zero attached hydrogens (tertiary/aromatic N) is 2. The average molecular weight is 839 g/mol. The monoisotopic (exact) mass is 838 g/mol. The SMILES string of the molecule is CCCN(CCC)C(=O)Cc1cc(CC(=O)N[C@@H](Cc2ccccc2)[C@H](O)CNCc2cccc(I)c2)cc(-c2ccc(S(=O)(=O)N(C)C)cc2)c1. The minimum atomic E-state index is -3.60. The number of carbonyl (C=O) groups excluding carboxylic acids is 2. The molecule has 0 aromatic heterocycles. The van der Waals surface area contributed by atoms with Crippen LogP contribution in [0.3, 0.4) is 0 Å². The van der Waals surface area contributed by atoms with E-state index in [4.69, 9.17) is 0 Å². The Kier molecular flexibility index (Phi) is 15.8. The number of rotatable bonds is 19. The highest BCUT2D eigenvalue weighted by atomic mass is 127. The molecule has 0 fully saturated rings. The molecular weight excluding hydrogens is 787 g/mol. The lowest BCUT2D eigenvalue weighted by Gasteiger charge is -2.25. The highest BCUT2D eigenvalue weighted by Gasteiger charge is 2.23. The highest BCUT2D eigenvalue weighted by Crippen LogP contribution is 2.26. The van der Waals surface area contributed by atoms with Crippen molar-refractivity contribution in [3.8, 4) is 11.1 Å². The van der Waals surface area contributed by atoms with Crippen LogP contribution >= 0.6 is 22.6 Å². The van der Waals surface area contributed by atoms with Gasteiger partial charge in [-0.25, -0.2) is 12.7 Å². The smallest absolute Gasteiger partial charge is 0.242 e. The van der Waals surface area contributed by atoms with Gasteiger partial charge in [0.2, 0.25) is 21.8 Å². The number of aliphatic hydroxyl groups is 1.